The van der Waals surface area contributed by atoms with Crippen LogP contribution in [-0.2, 0) is 70.5 Å². The van der Waals surface area contributed by atoms with Crippen molar-refractivity contribution in [1.82, 2.24) is 15.1 Å². The summed E-state index contributed by atoms with van der Waals surface area (Å²) in [6.07, 6.45) is 3.64. The number of esters is 2. The average molecular weight is 1320 g/mol. The molecule has 10 rings (SSSR count). The number of rotatable bonds is 22. The lowest BCUT2D eigenvalue weighted by atomic mass is 9.99. The zero-order valence-electron chi connectivity index (χ0n) is 52.7. The quantitative estimate of drug-likeness (QED) is 0.0284. The summed E-state index contributed by atoms with van der Waals surface area (Å²) in [7, 11) is -8.49. The first kappa shape index (κ1) is 72.8. The molecule has 12 atom stereocenters. The molecule has 4 fully saturated rings. The van der Waals surface area contributed by atoms with Crippen LogP contribution in [0, 0.1) is 10.8 Å². The Kier molecular flexibility index (Phi) is 23.2. The molecular weight excluding hydrogens is 1230 g/mol. The summed E-state index contributed by atoms with van der Waals surface area (Å²) in [6, 6.07) is 26.9. The number of pyridine rings is 1. The zero-order chi connectivity index (χ0) is 65.1. The molecule has 4 aromatic carbocycles. The van der Waals surface area contributed by atoms with Gasteiger partial charge >= 0.3 is 27.4 Å². The number of nitrogens with one attached hydrogen (secondary N) is 2. The van der Waals surface area contributed by atoms with Crippen molar-refractivity contribution in [3.8, 4) is 11.5 Å². The van der Waals surface area contributed by atoms with E-state index in [1.165, 1.54) is 13.8 Å². The number of benzene rings is 4. The molecule has 6 heterocycles. The lowest BCUT2D eigenvalue weighted by molar-refractivity contribution is -0.766. The van der Waals surface area contributed by atoms with E-state index in [4.69, 9.17) is 67.5 Å². The van der Waals surface area contributed by atoms with Gasteiger partial charge in [0.25, 0.3) is 12.1 Å². The number of aromatic nitrogens is 1. The van der Waals surface area contributed by atoms with Gasteiger partial charge in [-0.3, -0.25) is 28.2 Å². The number of hydrogen-bond acceptors (Lipinski definition) is 19. The van der Waals surface area contributed by atoms with E-state index >= 15 is 0 Å². The van der Waals surface area contributed by atoms with Crippen LogP contribution in [0.4, 0.5) is 0 Å². The fraction of sp³-hybridized carbons (Fsp3) is 0.500. The normalized spacial score (nSPS) is 24.8. The molecule has 5 aliphatic rings. The highest BCUT2D eigenvalue weighted by atomic mass is 31.2. The van der Waals surface area contributed by atoms with Gasteiger partial charge in [-0.1, -0.05) is 135 Å². The topological polar surface area (TPSA) is 296 Å². The molecule has 5 aliphatic heterocycles. The van der Waals surface area contributed by atoms with Crippen LogP contribution >= 0.6 is 15.5 Å². The average Bonchev–Trinajstić information content (AvgIpc) is 1.60. The van der Waals surface area contributed by atoms with E-state index in [1.54, 1.807) is 104 Å². The van der Waals surface area contributed by atoms with Gasteiger partial charge in [-0.2, -0.15) is 14.7 Å². The number of nitrogens with two attached hydrogens (primary N) is 2. The lowest BCUT2D eigenvalue weighted by Crippen LogP contribution is -2.46. The predicted molar refractivity (Wildman–Crippen MR) is 344 cm³/mol. The SMILES string of the molecule is C.C.CC(NP(=O)(OCC1O[C@@H](N2C=CCC(C(N)=O)=C2)[C@@H]2OC(C)(C)O[C@H]12)Oc1cccc2ccccc12)C(=O)OCC(C)(C)C.CC(NP(=O)(OCC1O[C@@H]([n+]2cccc(C(N)=O)c2)[C@@H]2OC(C)(C)O[C@H]12)Oc1cccc2ccccc12)C(=O)OCC(C)(C)C. The molecule has 6 N–H and O–H groups in total. The second kappa shape index (κ2) is 29.3. The Bertz CT molecular complexity index is 3600. The maximum Gasteiger partial charge on any atom is 0.459 e. The molecule has 0 saturated carbocycles. The standard InChI is InChI=1S/C32H42N3O9P.C32H40N3O9P.2CH4/c2*1-20(30(37)39-19-31(2,3)4)34-45(38,44-24-15-9-12-21-11-7-8-14-23(21)24)40-18-25-26-27(43-32(5,6)42-26)29(41-25)35-16-10-13-22(17-35)28(33)36;;/h7-12,14-17,20,25-27,29H,13,18-19H2,1-6H3,(H2,33,36)(H,34,38);7-17,20,25-27,29H,18-19H2,1-6H3,(H2-,33,34,36,38);2*1H4/p+1/t2*20?,25?,26-,27-,29-,45?;;/m11../s1. The van der Waals surface area contributed by atoms with Crippen molar-refractivity contribution in [1.29, 1.82) is 0 Å². The summed E-state index contributed by atoms with van der Waals surface area (Å²) in [5.41, 5.74) is 11.2. The van der Waals surface area contributed by atoms with E-state index in [0.29, 0.717) is 39.8 Å². The first-order valence-electron chi connectivity index (χ1n) is 29.8. The van der Waals surface area contributed by atoms with Gasteiger partial charge in [0.2, 0.25) is 5.91 Å². The molecule has 6 unspecified atom stereocenters. The Morgan fingerprint density at radius 2 is 1.09 bits per heavy atom. The fourth-order valence-electron chi connectivity index (χ4n) is 10.5. The minimum atomic E-state index is -4.25. The van der Waals surface area contributed by atoms with E-state index in [-0.39, 0.29) is 52.1 Å². The van der Waals surface area contributed by atoms with Crippen LogP contribution in [0.15, 0.2) is 134 Å². The van der Waals surface area contributed by atoms with Gasteiger partial charge in [0, 0.05) is 34.8 Å². The van der Waals surface area contributed by atoms with E-state index in [0.717, 1.165) is 10.8 Å². The zero-order valence-corrected chi connectivity index (χ0v) is 54.5. The third-order valence-electron chi connectivity index (χ3n) is 14.6. The molecule has 4 saturated heterocycles. The van der Waals surface area contributed by atoms with E-state index in [2.05, 4.69) is 10.2 Å². The summed E-state index contributed by atoms with van der Waals surface area (Å²) >= 11 is 0. The molecule has 502 valence electrons. The van der Waals surface area contributed by atoms with Crippen molar-refractivity contribution in [2.75, 3.05) is 26.4 Å². The number of allylic oxidation sites excluding steroid dienone is 1. The second-order valence-electron chi connectivity index (χ2n) is 26.0. The molecule has 0 bridgehead atoms. The lowest BCUT2D eigenvalue weighted by Gasteiger charge is -2.31. The van der Waals surface area contributed by atoms with Crippen LogP contribution in [0.2, 0.25) is 0 Å². The van der Waals surface area contributed by atoms with E-state index < -0.39 is 112 Å². The summed E-state index contributed by atoms with van der Waals surface area (Å²) in [5.74, 6) is -3.58. The third kappa shape index (κ3) is 18.4. The van der Waals surface area contributed by atoms with Gasteiger partial charge in [0.05, 0.1) is 26.4 Å². The number of carbonyl (C=O) groups is 4. The number of primary amides is 2. The number of nitrogens with zero attached hydrogens (tertiary/aromatic N) is 2. The summed E-state index contributed by atoms with van der Waals surface area (Å²) in [4.78, 5) is 51.2. The van der Waals surface area contributed by atoms with Gasteiger partial charge in [0.15, 0.2) is 36.3 Å². The fourth-order valence-corrected chi connectivity index (χ4v) is 13.5. The number of fused-ring (bicyclic) bond motifs is 4. The van der Waals surface area contributed by atoms with Crippen molar-refractivity contribution in [2.24, 2.45) is 22.3 Å². The predicted octanol–water partition coefficient (Wildman–Crippen LogP) is 10.4. The van der Waals surface area contributed by atoms with Gasteiger partial charge in [-0.05, 0) is 87.8 Å². The van der Waals surface area contributed by atoms with Crippen molar-refractivity contribution in [3.63, 3.8) is 0 Å². The largest absolute Gasteiger partial charge is 0.464 e. The molecule has 0 radical (unpaired) electrons. The molecule has 0 spiro atoms. The van der Waals surface area contributed by atoms with Gasteiger partial charge in [-0.25, -0.2) is 9.13 Å². The Labute approximate surface area is 538 Å². The Morgan fingerprint density at radius 3 is 1.58 bits per heavy atom. The van der Waals surface area contributed by atoms with Crippen LogP contribution in [0.5, 0.6) is 11.5 Å². The highest BCUT2D eigenvalue weighted by Gasteiger charge is 2.60. The first-order valence-corrected chi connectivity index (χ1v) is 32.8. The van der Waals surface area contributed by atoms with E-state index in [1.807, 2.05) is 102 Å². The second-order valence-corrected chi connectivity index (χ2v) is 29.4. The summed E-state index contributed by atoms with van der Waals surface area (Å²) in [5, 5.41) is 8.70. The number of ether oxygens (including phenoxy) is 8. The Hall–Kier alpha value is -6.63. The molecule has 92 heavy (non-hydrogen) atoms. The minimum absolute atomic E-state index is 0. The summed E-state index contributed by atoms with van der Waals surface area (Å²) < 4.78 is 103. The van der Waals surface area contributed by atoms with Crippen molar-refractivity contribution >= 4 is 60.8 Å². The number of amides is 2. The van der Waals surface area contributed by atoms with Gasteiger partial charge in [0.1, 0.15) is 59.7 Å². The summed E-state index contributed by atoms with van der Waals surface area (Å²) in [6.45, 7) is 21.7. The maximum atomic E-state index is 14.4. The molecule has 5 aromatic rings. The van der Waals surface area contributed by atoms with Crippen molar-refractivity contribution < 1.29 is 88.9 Å². The molecular formula is C66H91N6O18P2+. The van der Waals surface area contributed by atoms with Crippen molar-refractivity contribution in [2.45, 2.75) is 177 Å². The van der Waals surface area contributed by atoms with Crippen LogP contribution < -0.4 is 35.3 Å². The molecule has 26 heteroatoms. The molecule has 24 nitrogen and oxygen atoms in total. The molecule has 1 aromatic heterocycles. The van der Waals surface area contributed by atoms with E-state index in [9.17, 15) is 28.3 Å². The smallest absolute Gasteiger partial charge is 0.459 e. The minimum Gasteiger partial charge on any atom is -0.464 e. The van der Waals surface area contributed by atoms with Crippen LogP contribution in [0.1, 0.15) is 121 Å². The number of hydrogen-bond donors (Lipinski definition) is 4. The molecule has 2 amide bonds. The first-order chi connectivity index (χ1) is 42.3. The van der Waals surface area contributed by atoms with Crippen molar-refractivity contribution in [3.05, 3.63) is 139 Å². The van der Waals surface area contributed by atoms with Gasteiger partial charge in [-0.15, -0.1) is 0 Å². The Morgan fingerprint density at radius 1 is 0.630 bits per heavy atom. The number of carbonyl (C=O) groups excluding carboxylic acids is 4. The Balaban J connectivity index is 0.000000255. The maximum absolute atomic E-state index is 14.4. The highest BCUT2D eigenvalue weighted by molar-refractivity contribution is 7.52. The highest BCUT2D eigenvalue weighted by Crippen LogP contribution is 2.51. The van der Waals surface area contributed by atoms with Gasteiger partial charge < -0.3 is 63.3 Å². The van der Waals surface area contributed by atoms with Crippen LogP contribution in [0.3, 0.4) is 0 Å². The monoisotopic (exact) mass is 1320 g/mol. The van der Waals surface area contributed by atoms with Crippen LogP contribution in [-0.4, -0.2) is 122 Å². The molecule has 0 aliphatic carbocycles. The third-order valence-corrected chi connectivity index (χ3v) is 17.9. The van der Waals surface area contributed by atoms with Crippen LogP contribution in [0.25, 0.3) is 21.5 Å².